The highest BCUT2D eigenvalue weighted by Crippen LogP contribution is 2.32. The Morgan fingerprint density at radius 1 is 0.806 bits per heavy atom. The molecule has 1 aliphatic heterocycles. The molecular formula is C24H46O7. The van der Waals surface area contributed by atoms with Gasteiger partial charge in [-0.15, -0.1) is 0 Å². The van der Waals surface area contributed by atoms with Crippen LogP contribution in [0.15, 0.2) is 0 Å². The number of rotatable bonds is 19. The Balaban J connectivity index is 1.99. The molecule has 0 saturated carbocycles. The molecule has 31 heavy (non-hydrogen) atoms. The number of hydrogen-bond acceptors (Lipinski definition) is 7. The first-order chi connectivity index (χ1) is 15.0. The summed E-state index contributed by atoms with van der Waals surface area (Å²) in [6.45, 7) is 0.920. The van der Waals surface area contributed by atoms with E-state index in [-0.39, 0.29) is 6.42 Å². The highest BCUT2D eigenvalue weighted by Gasteiger charge is 2.56. The smallest absolute Gasteiger partial charge is 0.308 e. The minimum absolute atomic E-state index is 0.163. The van der Waals surface area contributed by atoms with E-state index in [0.717, 1.165) is 12.8 Å². The summed E-state index contributed by atoms with van der Waals surface area (Å²) in [5, 5.41) is 38.5. The Bertz CT molecular complexity index is 459. The molecule has 1 aliphatic rings. The van der Waals surface area contributed by atoms with Gasteiger partial charge < -0.3 is 29.9 Å². The van der Waals surface area contributed by atoms with Crippen LogP contribution in [0, 0.1) is 0 Å². The van der Waals surface area contributed by atoms with Crippen LogP contribution >= 0.6 is 0 Å². The van der Waals surface area contributed by atoms with Crippen molar-refractivity contribution in [2.24, 2.45) is 0 Å². The Morgan fingerprint density at radius 3 is 1.65 bits per heavy atom. The van der Waals surface area contributed by atoms with Crippen LogP contribution in [-0.2, 0) is 14.3 Å². The molecule has 0 amide bonds. The van der Waals surface area contributed by atoms with E-state index >= 15 is 0 Å². The zero-order valence-corrected chi connectivity index (χ0v) is 19.5. The number of unbranched alkanes of at least 4 members (excludes halogenated alkanes) is 14. The number of esters is 1. The van der Waals surface area contributed by atoms with Gasteiger partial charge in [0.1, 0.15) is 18.8 Å². The molecule has 0 aromatic carbocycles. The third kappa shape index (κ3) is 10.6. The molecule has 1 rings (SSSR count). The summed E-state index contributed by atoms with van der Waals surface area (Å²) < 4.78 is 10.4. The highest BCUT2D eigenvalue weighted by molar-refractivity contribution is 5.69. The van der Waals surface area contributed by atoms with Crippen molar-refractivity contribution in [2.75, 3.05) is 13.2 Å². The molecule has 4 atom stereocenters. The van der Waals surface area contributed by atoms with Crippen molar-refractivity contribution in [3.05, 3.63) is 0 Å². The molecule has 0 aromatic rings. The SMILES string of the molecule is CCCCCCCCCCCCCCCCCC(=O)O[C@]1(CO)O[C@H](CO)[C@@H](O)[C@@H]1O. The average molecular weight is 447 g/mol. The summed E-state index contributed by atoms with van der Waals surface area (Å²) in [7, 11) is 0. The van der Waals surface area contributed by atoms with Gasteiger partial charge in [-0.05, 0) is 6.42 Å². The van der Waals surface area contributed by atoms with Gasteiger partial charge in [0.25, 0.3) is 5.79 Å². The summed E-state index contributed by atoms with van der Waals surface area (Å²) in [6.07, 6.45) is 14.6. The predicted octanol–water partition coefficient (Wildman–Crippen LogP) is 3.59. The van der Waals surface area contributed by atoms with Gasteiger partial charge in [0, 0.05) is 6.42 Å². The first-order valence-electron chi connectivity index (χ1n) is 12.5. The molecule has 7 nitrogen and oxygen atoms in total. The normalized spacial score (nSPS) is 25.8. The van der Waals surface area contributed by atoms with Gasteiger partial charge in [0.15, 0.2) is 6.10 Å². The maximum absolute atomic E-state index is 12.1. The molecule has 1 fully saturated rings. The fourth-order valence-corrected chi connectivity index (χ4v) is 4.14. The lowest BCUT2D eigenvalue weighted by Gasteiger charge is -2.29. The van der Waals surface area contributed by atoms with E-state index in [4.69, 9.17) is 14.6 Å². The van der Waals surface area contributed by atoms with Crippen molar-refractivity contribution in [3.63, 3.8) is 0 Å². The topological polar surface area (TPSA) is 116 Å². The number of hydrogen-bond donors (Lipinski definition) is 4. The molecule has 0 spiro atoms. The summed E-state index contributed by atoms with van der Waals surface area (Å²) in [6, 6.07) is 0. The van der Waals surface area contributed by atoms with Gasteiger partial charge in [-0.3, -0.25) is 4.79 Å². The van der Waals surface area contributed by atoms with E-state index in [2.05, 4.69) is 6.92 Å². The Labute approximate surface area is 188 Å². The molecule has 4 N–H and O–H groups in total. The summed E-state index contributed by atoms with van der Waals surface area (Å²) >= 11 is 0. The van der Waals surface area contributed by atoms with Crippen LogP contribution in [0.2, 0.25) is 0 Å². The molecular weight excluding hydrogens is 400 g/mol. The van der Waals surface area contributed by atoms with Crippen molar-refractivity contribution >= 4 is 5.97 Å². The van der Waals surface area contributed by atoms with Crippen LogP contribution in [0.1, 0.15) is 110 Å². The second-order valence-corrected chi connectivity index (χ2v) is 8.92. The van der Waals surface area contributed by atoms with E-state index in [1.807, 2.05) is 0 Å². The average Bonchev–Trinajstić information content (AvgIpc) is 3.01. The minimum atomic E-state index is -2.00. The largest absolute Gasteiger partial charge is 0.427 e. The van der Waals surface area contributed by atoms with Crippen LogP contribution in [-0.4, -0.2) is 63.7 Å². The van der Waals surface area contributed by atoms with Gasteiger partial charge >= 0.3 is 5.97 Å². The Morgan fingerprint density at radius 2 is 1.26 bits per heavy atom. The molecule has 0 aromatic heterocycles. The first kappa shape index (κ1) is 28.3. The van der Waals surface area contributed by atoms with Gasteiger partial charge in [0.2, 0.25) is 0 Å². The lowest BCUT2D eigenvalue weighted by Crippen LogP contribution is -2.49. The monoisotopic (exact) mass is 446 g/mol. The zero-order valence-electron chi connectivity index (χ0n) is 19.5. The maximum Gasteiger partial charge on any atom is 0.308 e. The van der Waals surface area contributed by atoms with E-state index in [9.17, 15) is 20.1 Å². The van der Waals surface area contributed by atoms with Crippen molar-refractivity contribution in [1.82, 2.24) is 0 Å². The van der Waals surface area contributed by atoms with Gasteiger partial charge in [-0.25, -0.2) is 0 Å². The molecule has 184 valence electrons. The Hall–Kier alpha value is -0.730. The van der Waals surface area contributed by atoms with Crippen LogP contribution in [0.3, 0.4) is 0 Å². The van der Waals surface area contributed by atoms with E-state index in [1.54, 1.807) is 0 Å². The fourth-order valence-electron chi connectivity index (χ4n) is 4.14. The number of aliphatic hydroxyl groups excluding tert-OH is 4. The Kier molecular flexibility index (Phi) is 15.4. The summed E-state index contributed by atoms with van der Waals surface area (Å²) in [5.74, 6) is -2.59. The van der Waals surface area contributed by atoms with Crippen molar-refractivity contribution in [2.45, 2.75) is 134 Å². The van der Waals surface area contributed by atoms with Crippen LogP contribution < -0.4 is 0 Å². The lowest BCUT2D eigenvalue weighted by atomic mass is 10.0. The molecule has 0 unspecified atom stereocenters. The van der Waals surface area contributed by atoms with Crippen molar-refractivity contribution in [3.8, 4) is 0 Å². The van der Waals surface area contributed by atoms with Crippen LogP contribution in [0.5, 0.6) is 0 Å². The third-order valence-corrected chi connectivity index (χ3v) is 6.18. The minimum Gasteiger partial charge on any atom is -0.427 e. The standard InChI is InChI=1S/C24H46O7/c1-2-3-4-5-6-7-8-9-10-11-12-13-14-15-16-17-21(27)31-24(19-26)23(29)22(28)20(18-25)30-24/h20,22-23,25-26,28-29H,2-19H2,1H3/t20-,22-,23+,24+/m1/s1. The second kappa shape index (κ2) is 16.8. The lowest BCUT2D eigenvalue weighted by molar-refractivity contribution is -0.264. The van der Waals surface area contributed by atoms with Crippen LogP contribution in [0.4, 0.5) is 0 Å². The number of carbonyl (C=O) groups is 1. The quantitative estimate of drug-likeness (QED) is 0.177. The maximum atomic E-state index is 12.1. The van der Waals surface area contributed by atoms with Crippen molar-refractivity contribution < 1.29 is 34.7 Å². The molecule has 7 heteroatoms. The summed E-state index contributed by atoms with van der Waals surface area (Å²) in [4.78, 5) is 12.1. The predicted molar refractivity (Wildman–Crippen MR) is 119 cm³/mol. The highest BCUT2D eigenvalue weighted by atomic mass is 16.8. The number of carbonyl (C=O) groups excluding carboxylic acids is 1. The number of ether oxygens (including phenoxy) is 2. The molecule has 0 aliphatic carbocycles. The molecule has 0 bridgehead atoms. The van der Waals surface area contributed by atoms with Gasteiger partial charge in [0.05, 0.1) is 6.61 Å². The number of aliphatic hydroxyl groups is 4. The second-order valence-electron chi connectivity index (χ2n) is 8.92. The zero-order chi connectivity index (χ0) is 23.0. The van der Waals surface area contributed by atoms with Gasteiger partial charge in [-0.2, -0.15) is 0 Å². The molecule has 1 heterocycles. The van der Waals surface area contributed by atoms with E-state index < -0.39 is 43.3 Å². The van der Waals surface area contributed by atoms with Gasteiger partial charge in [-0.1, -0.05) is 96.8 Å². The van der Waals surface area contributed by atoms with Crippen molar-refractivity contribution in [1.29, 1.82) is 0 Å². The molecule has 1 saturated heterocycles. The summed E-state index contributed by atoms with van der Waals surface area (Å²) in [5.41, 5.74) is 0. The van der Waals surface area contributed by atoms with E-state index in [1.165, 1.54) is 77.0 Å². The first-order valence-corrected chi connectivity index (χ1v) is 12.5. The van der Waals surface area contributed by atoms with Crippen LogP contribution in [0.25, 0.3) is 0 Å². The third-order valence-electron chi connectivity index (χ3n) is 6.18. The van der Waals surface area contributed by atoms with E-state index in [0.29, 0.717) is 6.42 Å². The molecule has 0 radical (unpaired) electrons. The fraction of sp³-hybridized carbons (Fsp3) is 0.958.